The van der Waals surface area contributed by atoms with Crippen LogP contribution in [-0.4, -0.2) is 48.0 Å². The van der Waals surface area contributed by atoms with Gasteiger partial charge in [0.25, 0.3) is 11.1 Å². The summed E-state index contributed by atoms with van der Waals surface area (Å²) in [6.07, 6.45) is 1.29. The van der Waals surface area contributed by atoms with Gasteiger partial charge in [-0.3, -0.25) is 15.1 Å². The summed E-state index contributed by atoms with van der Waals surface area (Å²) in [5.74, 6) is -0.641. The van der Waals surface area contributed by atoms with Crippen LogP contribution in [0.3, 0.4) is 0 Å². The molecule has 0 spiro atoms. The molecule has 164 valence electrons. The lowest BCUT2D eigenvalue weighted by Gasteiger charge is -2.15. The van der Waals surface area contributed by atoms with Gasteiger partial charge in [-0.05, 0) is 49.8 Å². The Bertz CT molecular complexity index is 1090. The van der Waals surface area contributed by atoms with Crippen LogP contribution < -0.4 is 14.8 Å². The summed E-state index contributed by atoms with van der Waals surface area (Å²) >= 11 is 1.08. The number of aryl methyl sites for hydroxylation is 2. The Morgan fingerprint density at radius 1 is 1.26 bits per heavy atom. The Morgan fingerprint density at radius 2 is 2.03 bits per heavy atom. The number of carbonyl (C=O) groups excluding carboxylic acids is 1. The molecule has 8 nitrogen and oxygen atoms in total. The van der Waals surface area contributed by atoms with Gasteiger partial charge in [-0.25, -0.2) is 4.39 Å². The van der Waals surface area contributed by atoms with Gasteiger partial charge < -0.3 is 14.2 Å². The molecule has 0 aliphatic carbocycles. The van der Waals surface area contributed by atoms with E-state index in [9.17, 15) is 4.79 Å². The number of amides is 1. The summed E-state index contributed by atoms with van der Waals surface area (Å²) in [6.45, 7) is 5.58. The highest BCUT2D eigenvalue weighted by atomic mass is 32.1. The molecule has 1 atom stereocenters. The molecule has 1 aromatic carbocycles. The number of halogens is 1. The fourth-order valence-corrected chi connectivity index (χ4v) is 3.37. The summed E-state index contributed by atoms with van der Waals surface area (Å²) in [7, 11) is 3.04. The minimum atomic E-state index is -0.501. The van der Waals surface area contributed by atoms with Gasteiger partial charge in [0.05, 0.1) is 24.3 Å². The van der Waals surface area contributed by atoms with Crippen LogP contribution in [0.5, 0.6) is 10.9 Å². The first-order valence-corrected chi connectivity index (χ1v) is 10.3. The van der Waals surface area contributed by atoms with Gasteiger partial charge >= 0.3 is 0 Å². The monoisotopic (exact) mass is 446 g/mol. The molecule has 10 heteroatoms. The van der Waals surface area contributed by atoms with Crippen LogP contribution in [0, 0.1) is 19.7 Å². The molecule has 2 aromatic heterocycles. The molecule has 2 heterocycles. The topological polar surface area (TPSA) is 95.5 Å². The molecule has 0 saturated carbocycles. The number of anilines is 1. The Kier molecular flexibility index (Phi) is 7.13. The molecule has 31 heavy (non-hydrogen) atoms. The predicted molar refractivity (Wildman–Crippen MR) is 115 cm³/mol. The molecular weight excluding hydrogens is 423 g/mol. The van der Waals surface area contributed by atoms with Crippen molar-refractivity contribution in [2.45, 2.75) is 26.9 Å². The minimum absolute atomic E-state index is 0.109. The standard InChI is InChI=1S/C21H23FN4O4S/c1-11-6-7-16(29-5)17(18(11)22)14-8-12(2)23-9-15(14)19(27)24-20-25-26-21(31-20)30-10-13(3)28-4/h6-9,13H,10H2,1-5H3,(H,24,25,27). The van der Waals surface area contributed by atoms with Crippen LogP contribution in [0.2, 0.25) is 0 Å². The van der Waals surface area contributed by atoms with Gasteiger partial charge in [0.2, 0.25) is 5.13 Å². The third kappa shape index (κ3) is 5.15. The van der Waals surface area contributed by atoms with Crippen LogP contribution in [0.15, 0.2) is 24.4 Å². The van der Waals surface area contributed by atoms with E-state index >= 15 is 4.39 Å². The fraction of sp³-hybridized carbons (Fsp3) is 0.333. The second kappa shape index (κ2) is 9.80. The lowest BCUT2D eigenvalue weighted by atomic mass is 9.97. The first kappa shape index (κ1) is 22.6. The van der Waals surface area contributed by atoms with E-state index in [4.69, 9.17) is 14.2 Å². The Labute approximate surface area is 183 Å². The van der Waals surface area contributed by atoms with Crippen molar-refractivity contribution >= 4 is 22.4 Å². The predicted octanol–water partition coefficient (Wildman–Crippen LogP) is 4.03. The molecule has 0 aliphatic heterocycles. The van der Waals surface area contributed by atoms with Crippen LogP contribution in [0.4, 0.5) is 9.52 Å². The van der Waals surface area contributed by atoms with E-state index in [1.54, 1.807) is 39.2 Å². The molecule has 0 aliphatic rings. The largest absolute Gasteiger partial charge is 0.496 e. The van der Waals surface area contributed by atoms with E-state index in [2.05, 4.69) is 20.5 Å². The number of nitrogens with zero attached hydrogens (tertiary/aromatic N) is 3. The molecule has 0 saturated heterocycles. The average molecular weight is 447 g/mol. The molecule has 1 N–H and O–H groups in total. The van der Waals surface area contributed by atoms with E-state index in [-0.39, 0.29) is 22.4 Å². The van der Waals surface area contributed by atoms with Crippen LogP contribution >= 0.6 is 11.3 Å². The zero-order valence-corrected chi connectivity index (χ0v) is 18.7. The fourth-order valence-electron chi connectivity index (χ4n) is 2.77. The Hall–Kier alpha value is -3.11. The molecule has 3 aromatic rings. The van der Waals surface area contributed by atoms with Gasteiger partial charge in [-0.15, -0.1) is 5.10 Å². The minimum Gasteiger partial charge on any atom is -0.496 e. The normalized spacial score (nSPS) is 11.8. The number of rotatable bonds is 8. The van der Waals surface area contributed by atoms with E-state index < -0.39 is 11.7 Å². The number of methoxy groups -OCH3 is 2. The SMILES string of the molecule is COc1ccc(C)c(F)c1-c1cc(C)ncc1C(=O)Nc1nnc(OCC(C)OC)s1. The van der Waals surface area contributed by atoms with Crippen molar-refractivity contribution in [2.75, 3.05) is 26.1 Å². The van der Waals surface area contributed by atoms with Crippen molar-refractivity contribution in [3.8, 4) is 22.1 Å². The molecule has 0 radical (unpaired) electrons. The zero-order chi connectivity index (χ0) is 22.5. The first-order valence-electron chi connectivity index (χ1n) is 9.44. The van der Waals surface area contributed by atoms with Crippen LogP contribution in [0.1, 0.15) is 28.5 Å². The second-order valence-corrected chi connectivity index (χ2v) is 7.77. The average Bonchev–Trinajstić information content (AvgIpc) is 3.20. The summed E-state index contributed by atoms with van der Waals surface area (Å²) in [6, 6.07) is 4.94. The number of hydrogen-bond acceptors (Lipinski definition) is 8. The van der Waals surface area contributed by atoms with Crippen molar-refractivity contribution in [3.05, 3.63) is 47.0 Å². The maximum Gasteiger partial charge on any atom is 0.295 e. The lowest BCUT2D eigenvalue weighted by molar-refractivity contribution is 0.0713. The Balaban J connectivity index is 1.91. The highest BCUT2D eigenvalue weighted by Crippen LogP contribution is 2.37. The Morgan fingerprint density at radius 3 is 2.74 bits per heavy atom. The zero-order valence-electron chi connectivity index (χ0n) is 17.9. The summed E-state index contributed by atoms with van der Waals surface area (Å²) < 4.78 is 31.0. The molecule has 0 fully saturated rings. The van der Waals surface area contributed by atoms with Crippen molar-refractivity contribution in [3.63, 3.8) is 0 Å². The molecule has 3 rings (SSSR count). The summed E-state index contributed by atoms with van der Waals surface area (Å²) in [5.41, 5.74) is 1.83. The van der Waals surface area contributed by atoms with Gasteiger partial charge in [-0.2, -0.15) is 0 Å². The maximum atomic E-state index is 15.0. The number of nitrogens with one attached hydrogen (secondary N) is 1. The molecule has 1 unspecified atom stereocenters. The summed E-state index contributed by atoms with van der Waals surface area (Å²) in [4.78, 5) is 17.2. The van der Waals surface area contributed by atoms with Crippen molar-refractivity contribution in [1.29, 1.82) is 0 Å². The van der Waals surface area contributed by atoms with E-state index in [0.29, 0.717) is 34.4 Å². The number of aromatic nitrogens is 3. The van der Waals surface area contributed by atoms with E-state index in [0.717, 1.165) is 11.3 Å². The highest BCUT2D eigenvalue weighted by molar-refractivity contribution is 7.17. The first-order chi connectivity index (χ1) is 14.8. The number of pyridine rings is 1. The third-order valence-electron chi connectivity index (χ3n) is 4.54. The number of hydrogen-bond donors (Lipinski definition) is 1. The van der Waals surface area contributed by atoms with Crippen LogP contribution in [-0.2, 0) is 4.74 Å². The van der Waals surface area contributed by atoms with Crippen molar-refractivity contribution in [2.24, 2.45) is 0 Å². The second-order valence-electron chi connectivity index (χ2n) is 6.83. The van der Waals surface area contributed by atoms with Gasteiger partial charge in [-0.1, -0.05) is 11.2 Å². The number of ether oxygens (including phenoxy) is 3. The molecule has 0 bridgehead atoms. The summed E-state index contributed by atoms with van der Waals surface area (Å²) in [5, 5.41) is 11.0. The maximum absolute atomic E-state index is 15.0. The van der Waals surface area contributed by atoms with Crippen molar-refractivity contribution in [1.82, 2.24) is 15.2 Å². The van der Waals surface area contributed by atoms with Crippen molar-refractivity contribution < 1.29 is 23.4 Å². The van der Waals surface area contributed by atoms with E-state index in [1.807, 2.05) is 6.92 Å². The van der Waals surface area contributed by atoms with E-state index in [1.165, 1.54) is 13.3 Å². The lowest BCUT2D eigenvalue weighted by Crippen LogP contribution is -2.15. The quantitative estimate of drug-likeness (QED) is 0.558. The molecular formula is C21H23FN4O4S. The smallest absolute Gasteiger partial charge is 0.295 e. The molecule has 1 amide bonds. The number of benzene rings is 1. The highest BCUT2D eigenvalue weighted by Gasteiger charge is 2.22. The van der Waals surface area contributed by atoms with Gasteiger partial charge in [0.1, 0.15) is 18.2 Å². The van der Waals surface area contributed by atoms with Gasteiger partial charge in [0.15, 0.2) is 0 Å². The third-order valence-corrected chi connectivity index (χ3v) is 5.29. The number of carbonyl (C=O) groups is 1. The van der Waals surface area contributed by atoms with Crippen LogP contribution in [0.25, 0.3) is 11.1 Å². The van der Waals surface area contributed by atoms with Gasteiger partial charge in [0, 0.05) is 24.6 Å².